The summed E-state index contributed by atoms with van der Waals surface area (Å²) in [6.45, 7) is 11.7. The molecule has 104 valence electrons. The van der Waals surface area contributed by atoms with Gasteiger partial charge in [0.05, 0.1) is 12.8 Å². The molecule has 0 aromatic carbocycles. The summed E-state index contributed by atoms with van der Waals surface area (Å²) < 4.78 is 5.61. The maximum atomic E-state index is 5.61. The van der Waals surface area contributed by atoms with Crippen molar-refractivity contribution >= 4 is 0 Å². The molecule has 0 saturated carbocycles. The summed E-state index contributed by atoms with van der Waals surface area (Å²) in [5, 5.41) is 3.43. The summed E-state index contributed by atoms with van der Waals surface area (Å²) in [6, 6.07) is 2.75. The molecule has 0 radical (unpaired) electrons. The number of furan rings is 1. The Morgan fingerprint density at radius 3 is 2.67 bits per heavy atom. The summed E-state index contributed by atoms with van der Waals surface area (Å²) in [5.41, 5.74) is 1.24. The molecule has 1 unspecified atom stereocenters. The highest BCUT2D eigenvalue weighted by atomic mass is 16.3. The summed E-state index contributed by atoms with van der Waals surface area (Å²) in [6.07, 6.45) is 3.03. The lowest BCUT2D eigenvalue weighted by Gasteiger charge is -2.21. The summed E-state index contributed by atoms with van der Waals surface area (Å²) >= 11 is 0. The van der Waals surface area contributed by atoms with Crippen molar-refractivity contribution in [1.29, 1.82) is 0 Å². The monoisotopic (exact) mass is 252 g/mol. The van der Waals surface area contributed by atoms with Gasteiger partial charge in [0.15, 0.2) is 0 Å². The van der Waals surface area contributed by atoms with Crippen molar-refractivity contribution in [3.05, 3.63) is 23.7 Å². The first kappa shape index (κ1) is 15.3. The lowest BCUT2D eigenvalue weighted by molar-refractivity contribution is 0.225. The van der Waals surface area contributed by atoms with Crippen molar-refractivity contribution in [3.63, 3.8) is 0 Å². The van der Waals surface area contributed by atoms with E-state index >= 15 is 0 Å². The molecule has 1 aromatic heterocycles. The fourth-order valence-corrected chi connectivity index (χ4v) is 1.82. The SMILES string of the molecule is CCC(C)N(C)Cc1cc(CNCC(C)C)co1. The number of hydrogen-bond donors (Lipinski definition) is 1. The lowest BCUT2D eigenvalue weighted by atomic mass is 10.2. The van der Waals surface area contributed by atoms with Gasteiger partial charge < -0.3 is 9.73 Å². The standard InChI is InChI=1S/C15H28N2O/c1-6-13(4)17(5)10-15-7-14(11-18-15)9-16-8-12(2)3/h7,11-13,16H,6,8-10H2,1-5H3. The maximum Gasteiger partial charge on any atom is 0.118 e. The summed E-state index contributed by atoms with van der Waals surface area (Å²) in [5.74, 6) is 1.74. The maximum absolute atomic E-state index is 5.61. The van der Waals surface area contributed by atoms with Crippen LogP contribution in [-0.4, -0.2) is 24.5 Å². The van der Waals surface area contributed by atoms with E-state index in [4.69, 9.17) is 4.42 Å². The van der Waals surface area contributed by atoms with E-state index in [0.717, 1.165) is 25.4 Å². The highest BCUT2D eigenvalue weighted by Crippen LogP contribution is 2.12. The average Bonchev–Trinajstić information content (AvgIpc) is 2.75. The third-order valence-corrected chi connectivity index (χ3v) is 3.34. The lowest BCUT2D eigenvalue weighted by Crippen LogP contribution is -2.27. The largest absolute Gasteiger partial charge is 0.468 e. The Bertz CT molecular complexity index is 333. The summed E-state index contributed by atoms with van der Waals surface area (Å²) in [4.78, 5) is 2.32. The molecule has 0 fully saturated rings. The van der Waals surface area contributed by atoms with Crippen LogP contribution in [0.5, 0.6) is 0 Å². The summed E-state index contributed by atoms with van der Waals surface area (Å²) in [7, 11) is 2.15. The first-order chi connectivity index (χ1) is 8.52. The Hall–Kier alpha value is -0.800. The van der Waals surface area contributed by atoms with Gasteiger partial charge in [0.2, 0.25) is 0 Å². The number of nitrogens with one attached hydrogen (secondary N) is 1. The number of rotatable bonds is 8. The zero-order valence-electron chi connectivity index (χ0n) is 12.5. The fraction of sp³-hybridized carbons (Fsp3) is 0.733. The molecule has 1 N–H and O–H groups in total. The molecule has 3 heteroatoms. The second-order valence-corrected chi connectivity index (χ2v) is 5.62. The zero-order chi connectivity index (χ0) is 13.5. The van der Waals surface area contributed by atoms with Crippen molar-refractivity contribution in [2.45, 2.75) is 53.2 Å². The molecule has 18 heavy (non-hydrogen) atoms. The third-order valence-electron chi connectivity index (χ3n) is 3.34. The zero-order valence-corrected chi connectivity index (χ0v) is 12.5. The predicted octanol–water partition coefficient (Wildman–Crippen LogP) is 3.26. The van der Waals surface area contributed by atoms with E-state index in [1.807, 2.05) is 6.26 Å². The smallest absolute Gasteiger partial charge is 0.118 e. The first-order valence-electron chi connectivity index (χ1n) is 7.00. The van der Waals surface area contributed by atoms with Crippen LogP contribution in [0.15, 0.2) is 16.7 Å². The molecule has 3 nitrogen and oxygen atoms in total. The second-order valence-electron chi connectivity index (χ2n) is 5.62. The topological polar surface area (TPSA) is 28.4 Å². The van der Waals surface area contributed by atoms with Crippen LogP contribution in [0, 0.1) is 5.92 Å². The third kappa shape index (κ3) is 5.23. The van der Waals surface area contributed by atoms with Gasteiger partial charge in [-0.3, -0.25) is 4.90 Å². The van der Waals surface area contributed by atoms with Gasteiger partial charge in [0, 0.05) is 18.2 Å². The van der Waals surface area contributed by atoms with Crippen molar-refractivity contribution in [1.82, 2.24) is 10.2 Å². The van der Waals surface area contributed by atoms with Crippen LogP contribution < -0.4 is 5.32 Å². The van der Waals surface area contributed by atoms with Gasteiger partial charge in [-0.25, -0.2) is 0 Å². The van der Waals surface area contributed by atoms with E-state index in [0.29, 0.717) is 12.0 Å². The normalized spacial score (nSPS) is 13.5. The van der Waals surface area contributed by atoms with Crippen molar-refractivity contribution in [2.24, 2.45) is 5.92 Å². The Balaban J connectivity index is 2.38. The van der Waals surface area contributed by atoms with Gasteiger partial charge in [-0.2, -0.15) is 0 Å². The molecule has 1 rings (SSSR count). The molecule has 1 aromatic rings. The molecular formula is C15H28N2O. The average molecular weight is 252 g/mol. The van der Waals surface area contributed by atoms with Crippen LogP contribution in [0.2, 0.25) is 0 Å². The van der Waals surface area contributed by atoms with E-state index in [1.54, 1.807) is 0 Å². The molecule has 0 amide bonds. The van der Waals surface area contributed by atoms with Gasteiger partial charge >= 0.3 is 0 Å². The molecule has 0 aliphatic rings. The Morgan fingerprint density at radius 2 is 2.06 bits per heavy atom. The molecule has 0 bridgehead atoms. The van der Waals surface area contributed by atoms with E-state index in [9.17, 15) is 0 Å². The quantitative estimate of drug-likeness (QED) is 0.770. The van der Waals surface area contributed by atoms with Gasteiger partial charge in [-0.15, -0.1) is 0 Å². The Labute approximate surface area is 112 Å². The van der Waals surface area contributed by atoms with Crippen LogP contribution in [0.3, 0.4) is 0 Å². The molecule has 0 aliphatic heterocycles. The van der Waals surface area contributed by atoms with Crippen LogP contribution in [-0.2, 0) is 13.1 Å². The highest BCUT2D eigenvalue weighted by Gasteiger charge is 2.10. The van der Waals surface area contributed by atoms with Gasteiger partial charge in [0.1, 0.15) is 5.76 Å². The van der Waals surface area contributed by atoms with Crippen LogP contribution in [0.25, 0.3) is 0 Å². The first-order valence-corrected chi connectivity index (χ1v) is 7.00. The van der Waals surface area contributed by atoms with Crippen LogP contribution in [0.4, 0.5) is 0 Å². The molecule has 0 spiro atoms. The van der Waals surface area contributed by atoms with E-state index < -0.39 is 0 Å². The van der Waals surface area contributed by atoms with Crippen LogP contribution in [0.1, 0.15) is 45.4 Å². The van der Waals surface area contributed by atoms with E-state index in [1.165, 1.54) is 12.0 Å². The van der Waals surface area contributed by atoms with E-state index in [-0.39, 0.29) is 0 Å². The highest BCUT2D eigenvalue weighted by molar-refractivity contribution is 5.12. The molecule has 0 aliphatic carbocycles. The van der Waals surface area contributed by atoms with Crippen molar-refractivity contribution in [2.75, 3.05) is 13.6 Å². The van der Waals surface area contributed by atoms with Crippen LogP contribution >= 0.6 is 0 Å². The minimum atomic E-state index is 0.595. The molecule has 1 atom stereocenters. The molecule has 1 heterocycles. The Morgan fingerprint density at radius 1 is 1.33 bits per heavy atom. The van der Waals surface area contributed by atoms with Crippen molar-refractivity contribution in [3.8, 4) is 0 Å². The van der Waals surface area contributed by atoms with Crippen molar-refractivity contribution < 1.29 is 4.42 Å². The molecular weight excluding hydrogens is 224 g/mol. The number of nitrogens with zero attached hydrogens (tertiary/aromatic N) is 1. The Kier molecular flexibility index (Phi) is 6.44. The predicted molar refractivity (Wildman–Crippen MR) is 76.5 cm³/mol. The van der Waals surface area contributed by atoms with Gasteiger partial charge in [-0.05, 0) is 38.9 Å². The van der Waals surface area contributed by atoms with Gasteiger partial charge in [0.25, 0.3) is 0 Å². The fourth-order valence-electron chi connectivity index (χ4n) is 1.82. The molecule has 0 saturated heterocycles. The number of hydrogen-bond acceptors (Lipinski definition) is 3. The minimum absolute atomic E-state index is 0.595. The minimum Gasteiger partial charge on any atom is -0.468 e. The second kappa shape index (κ2) is 7.59. The van der Waals surface area contributed by atoms with E-state index in [2.05, 4.69) is 51.0 Å². The van der Waals surface area contributed by atoms with Gasteiger partial charge in [-0.1, -0.05) is 20.8 Å².